The van der Waals surface area contributed by atoms with Gasteiger partial charge in [0.15, 0.2) is 10.8 Å². The van der Waals surface area contributed by atoms with Gasteiger partial charge < -0.3 is 9.73 Å². The fraction of sp³-hybridized carbons (Fsp3) is 0.130. The lowest BCUT2D eigenvalue weighted by Crippen LogP contribution is -2.34. The molecule has 154 valence electrons. The number of amides is 3. The van der Waals surface area contributed by atoms with Crippen LogP contribution < -0.4 is 5.32 Å². The van der Waals surface area contributed by atoms with Crippen LogP contribution in [0.3, 0.4) is 0 Å². The number of aromatic nitrogens is 1. The summed E-state index contributed by atoms with van der Waals surface area (Å²) in [5, 5.41) is 3.55. The van der Waals surface area contributed by atoms with Gasteiger partial charge in [0.25, 0.3) is 11.8 Å². The van der Waals surface area contributed by atoms with Crippen molar-refractivity contribution in [2.24, 2.45) is 0 Å². The van der Waals surface area contributed by atoms with Gasteiger partial charge in [-0.1, -0.05) is 24.3 Å². The van der Waals surface area contributed by atoms with Crippen molar-refractivity contribution < 1.29 is 18.8 Å². The normalized spacial score (nSPS) is 13.1. The monoisotopic (exact) mass is 431 g/mol. The van der Waals surface area contributed by atoms with Crippen LogP contribution >= 0.6 is 11.3 Å². The molecule has 3 amide bonds. The van der Waals surface area contributed by atoms with Crippen LogP contribution in [0.25, 0.3) is 21.0 Å². The van der Waals surface area contributed by atoms with Crippen LogP contribution in [0.15, 0.2) is 65.1 Å². The van der Waals surface area contributed by atoms with E-state index < -0.39 is 0 Å². The number of carbonyl (C=O) groups is 3. The maximum atomic E-state index is 12.4. The van der Waals surface area contributed by atoms with E-state index in [0.717, 1.165) is 20.1 Å². The molecule has 0 saturated carbocycles. The number of fused-ring (bicyclic) bond motifs is 2. The number of furan rings is 1. The quantitative estimate of drug-likeness (QED) is 0.468. The third kappa shape index (κ3) is 3.62. The van der Waals surface area contributed by atoms with Crippen molar-refractivity contribution >= 4 is 39.3 Å². The number of nitrogens with zero attached hydrogens (tertiary/aromatic N) is 2. The van der Waals surface area contributed by atoms with Crippen LogP contribution in [0.4, 0.5) is 0 Å². The number of nitrogens with one attached hydrogen (secondary N) is 1. The zero-order chi connectivity index (χ0) is 21.4. The molecule has 0 aliphatic carbocycles. The fourth-order valence-corrected chi connectivity index (χ4v) is 4.42. The third-order valence-electron chi connectivity index (χ3n) is 5.07. The van der Waals surface area contributed by atoms with Gasteiger partial charge >= 0.3 is 0 Å². The van der Waals surface area contributed by atoms with E-state index in [9.17, 15) is 14.4 Å². The fourth-order valence-electron chi connectivity index (χ4n) is 3.50. The maximum absolute atomic E-state index is 12.4. The molecule has 2 aromatic heterocycles. The summed E-state index contributed by atoms with van der Waals surface area (Å²) in [6.07, 6.45) is 0.0247. The highest BCUT2D eigenvalue weighted by Gasteiger charge is 2.34. The summed E-state index contributed by atoms with van der Waals surface area (Å²) >= 11 is 1.54. The molecule has 5 rings (SSSR count). The Morgan fingerprint density at radius 1 is 0.968 bits per heavy atom. The highest BCUT2D eigenvalue weighted by atomic mass is 32.1. The topological polar surface area (TPSA) is 92.5 Å². The lowest BCUT2D eigenvalue weighted by Gasteiger charge is -2.13. The number of thiazole rings is 1. The van der Waals surface area contributed by atoms with E-state index in [2.05, 4.69) is 10.3 Å². The number of hydrogen-bond donors (Lipinski definition) is 1. The molecule has 2 aromatic carbocycles. The van der Waals surface area contributed by atoms with Crippen molar-refractivity contribution in [3.63, 3.8) is 0 Å². The summed E-state index contributed by atoms with van der Waals surface area (Å²) in [5.74, 6) is 0.258. The average Bonchev–Trinajstić information content (AvgIpc) is 3.49. The molecule has 0 atom stereocenters. The molecule has 1 aliphatic heterocycles. The van der Waals surface area contributed by atoms with Crippen molar-refractivity contribution in [2.75, 3.05) is 6.54 Å². The minimum Gasteiger partial charge on any atom is -0.457 e. The van der Waals surface area contributed by atoms with Crippen molar-refractivity contribution in [3.05, 3.63) is 77.6 Å². The molecule has 4 aromatic rings. The first-order chi connectivity index (χ1) is 15.1. The second-order valence-corrected chi connectivity index (χ2v) is 8.12. The van der Waals surface area contributed by atoms with E-state index in [-0.39, 0.29) is 37.2 Å². The number of benzene rings is 2. The molecule has 8 heteroatoms. The van der Waals surface area contributed by atoms with Crippen LogP contribution in [0.5, 0.6) is 0 Å². The summed E-state index contributed by atoms with van der Waals surface area (Å²) < 4.78 is 6.90. The zero-order valence-corrected chi connectivity index (χ0v) is 17.1. The van der Waals surface area contributed by atoms with Crippen LogP contribution in [0.1, 0.15) is 32.9 Å². The van der Waals surface area contributed by atoms with Crippen molar-refractivity contribution in [1.82, 2.24) is 15.2 Å². The van der Waals surface area contributed by atoms with Crippen LogP contribution in [0, 0.1) is 0 Å². The van der Waals surface area contributed by atoms with Crippen LogP contribution in [-0.4, -0.2) is 34.2 Å². The Balaban J connectivity index is 1.16. The smallest absolute Gasteiger partial charge is 0.261 e. The average molecular weight is 431 g/mol. The highest BCUT2D eigenvalue weighted by Crippen LogP contribution is 2.31. The predicted octanol–water partition coefficient (Wildman–Crippen LogP) is 3.86. The van der Waals surface area contributed by atoms with E-state index in [4.69, 9.17) is 4.42 Å². The van der Waals surface area contributed by atoms with Crippen molar-refractivity contribution in [3.8, 4) is 10.8 Å². The molecular weight excluding hydrogens is 414 g/mol. The molecule has 0 saturated heterocycles. The standard InChI is InChI=1S/C23H17N3O4S/c27-20(11-12-26-22(28)15-5-1-2-6-16(15)23(26)29)24-13-14-9-10-18(30-14)21-25-17-7-3-4-8-19(17)31-21/h1-10H,11-13H2,(H,24,27). The van der Waals surface area contributed by atoms with E-state index in [1.807, 2.05) is 30.3 Å². The molecule has 3 heterocycles. The molecule has 0 bridgehead atoms. The first-order valence-corrected chi connectivity index (χ1v) is 10.6. The number of carbonyl (C=O) groups excluding carboxylic acids is 3. The Labute approximate surface area is 181 Å². The second-order valence-electron chi connectivity index (χ2n) is 7.09. The molecule has 0 fully saturated rings. The lowest BCUT2D eigenvalue weighted by molar-refractivity contribution is -0.121. The summed E-state index contributed by atoms with van der Waals surface area (Å²) in [6.45, 7) is 0.249. The van der Waals surface area contributed by atoms with Crippen LogP contribution in [-0.2, 0) is 11.3 Å². The Kier molecular flexibility index (Phi) is 4.83. The molecule has 0 radical (unpaired) electrons. The number of imide groups is 1. The van der Waals surface area contributed by atoms with Gasteiger partial charge in [-0.05, 0) is 36.4 Å². The lowest BCUT2D eigenvalue weighted by atomic mass is 10.1. The number of hydrogen-bond acceptors (Lipinski definition) is 6. The molecule has 1 N–H and O–H groups in total. The van der Waals surface area contributed by atoms with E-state index in [1.165, 1.54) is 0 Å². The summed E-state index contributed by atoms with van der Waals surface area (Å²) in [4.78, 5) is 42.6. The van der Waals surface area contributed by atoms with Gasteiger partial charge in [-0.3, -0.25) is 19.3 Å². The van der Waals surface area contributed by atoms with E-state index >= 15 is 0 Å². The first-order valence-electron chi connectivity index (χ1n) is 9.77. The van der Waals surface area contributed by atoms with E-state index in [1.54, 1.807) is 41.7 Å². The minimum atomic E-state index is -0.361. The van der Waals surface area contributed by atoms with E-state index in [0.29, 0.717) is 22.6 Å². The highest BCUT2D eigenvalue weighted by molar-refractivity contribution is 7.21. The van der Waals surface area contributed by atoms with Gasteiger partial charge in [0.1, 0.15) is 5.76 Å². The van der Waals surface area contributed by atoms with Crippen LogP contribution in [0.2, 0.25) is 0 Å². The molecule has 0 unspecified atom stereocenters. The third-order valence-corrected chi connectivity index (χ3v) is 6.12. The van der Waals surface area contributed by atoms with Gasteiger partial charge in [-0.15, -0.1) is 11.3 Å². The van der Waals surface area contributed by atoms with Gasteiger partial charge in [-0.2, -0.15) is 0 Å². The summed E-state index contributed by atoms with van der Waals surface area (Å²) in [5.41, 5.74) is 1.68. The molecular formula is C23H17N3O4S. The Bertz CT molecular complexity index is 1260. The predicted molar refractivity (Wildman–Crippen MR) is 116 cm³/mol. The Morgan fingerprint density at radius 3 is 2.42 bits per heavy atom. The second kappa shape index (κ2) is 7.81. The van der Waals surface area contributed by atoms with Gasteiger partial charge in [-0.25, -0.2) is 4.98 Å². The largest absolute Gasteiger partial charge is 0.457 e. The SMILES string of the molecule is O=C(CCN1C(=O)c2ccccc2C1=O)NCc1ccc(-c2nc3ccccc3s2)o1. The minimum absolute atomic E-state index is 0.0247. The molecule has 7 nitrogen and oxygen atoms in total. The van der Waals surface area contributed by atoms with Crippen molar-refractivity contribution in [1.29, 1.82) is 0 Å². The van der Waals surface area contributed by atoms with Gasteiger partial charge in [0.2, 0.25) is 5.91 Å². The number of rotatable bonds is 6. The molecule has 31 heavy (non-hydrogen) atoms. The molecule has 0 spiro atoms. The van der Waals surface area contributed by atoms with Gasteiger partial charge in [0, 0.05) is 13.0 Å². The summed E-state index contributed by atoms with van der Waals surface area (Å²) in [7, 11) is 0. The summed E-state index contributed by atoms with van der Waals surface area (Å²) in [6, 6.07) is 18.2. The molecule has 1 aliphatic rings. The zero-order valence-electron chi connectivity index (χ0n) is 16.3. The van der Waals surface area contributed by atoms with Crippen molar-refractivity contribution in [2.45, 2.75) is 13.0 Å². The van der Waals surface area contributed by atoms with Gasteiger partial charge in [0.05, 0.1) is 27.9 Å². The Morgan fingerprint density at radius 2 is 1.68 bits per heavy atom. The maximum Gasteiger partial charge on any atom is 0.261 e. The Hall–Kier alpha value is -3.78. The first kappa shape index (κ1) is 19.2. The number of para-hydroxylation sites is 1.